The molecule has 1 atom stereocenters. The van der Waals surface area contributed by atoms with Gasteiger partial charge in [0.2, 0.25) is 11.8 Å². The molecule has 0 spiro atoms. The fourth-order valence-corrected chi connectivity index (χ4v) is 4.27. The van der Waals surface area contributed by atoms with Crippen LogP contribution in [0.5, 0.6) is 0 Å². The van der Waals surface area contributed by atoms with Crippen LogP contribution in [-0.2, 0) is 29.1 Å². The Hall–Kier alpha value is -2.77. The molecule has 0 aromatic carbocycles. The molecule has 4 rings (SSSR count). The molecule has 0 aliphatic carbocycles. The summed E-state index contributed by atoms with van der Waals surface area (Å²) in [5.41, 5.74) is 3.08. The van der Waals surface area contributed by atoms with Crippen LogP contribution in [-0.4, -0.2) is 54.5 Å². The third-order valence-corrected chi connectivity index (χ3v) is 5.98. The zero-order chi connectivity index (χ0) is 20.4. The van der Waals surface area contributed by atoms with E-state index in [1.165, 1.54) is 0 Å². The predicted octanol–water partition coefficient (Wildman–Crippen LogP) is 2.03. The highest BCUT2D eigenvalue weighted by molar-refractivity contribution is 5.76. The second kappa shape index (κ2) is 8.31. The van der Waals surface area contributed by atoms with Crippen LogP contribution in [0.2, 0.25) is 0 Å². The van der Waals surface area contributed by atoms with Gasteiger partial charge in [-0.1, -0.05) is 0 Å². The van der Waals surface area contributed by atoms with Crippen molar-refractivity contribution < 1.29 is 9.59 Å². The van der Waals surface area contributed by atoms with E-state index in [4.69, 9.17) is 4.98 Å². The SMILES string of the molecule is CC(=O)N1CCCC[C@H]1c1ncc2c(n1)CCN(C(=O)CCn1nccc1C)C2. The van der Waals surface area contributed by atoms with Crippen LogP contribution in [0.4, 0.5) is 0 Å². The molecular formula is C21H28N6O2. The Morgan fingerprint density at radius 1 is 1.24 bits per heavy atom. The van der Waals surface area contributed by atoms with Gasteiger partial charge in [0.15, 0.2) is 5.82 Å². The summed E-state index contributed by atoms with van der Waals surface area (Å²) in [7, 11) is 0. The summed E-state index contributed by atoms with van der Waals surface area (Å²) in [4.78, 5) is 37.8. The molecule has 0 saturated carbocycles. The van der Waals surface area contributed by atoms with Gasteiger partial charge in [-0.3, -0.25) is 14.3 Å². The van der Waals surface area contributed by atoms with Crippen molar-refractivity contribution in [1.29, 1.82) is 0 Å². The second-order valence-corrected chi connectivity index (χ2v) is 7.94. The van der Waals surface area contributed by atoms with Crippen LogP contribution >= 0.6 is 0 Å². The van der Waals surface area contributed by atoms with E-state index in [-0.39, 0.29) is 17.9 Å². The number of hydrogen-bond acceptors (Lipinski definition) is 5. The van der Waals surface area contributed by atoms with Gasteiger partial charge in [0.1, 0.15) is 0 Å². The number of carbonyl (C=O) groups is 2. The fraction of sp³-hybridized carbons (Fsp3) is 0.571. The summed E-state index contributed by atoms with van der Waals surface area (Å²) >= 11 is 0. The molecule has 29 heavy (non-hydrogen) atoms. The topological polar surface area (TPSA) is 84.2 Å². The number of amides is 2. The van der Waals surface area contributed by atoms with Gasteiger partial charge in [0.05, 0.1) is 11.7 Å². The van der Waals surface area contributed by atoms with Crippen molar-refractivity contribution in [3.8, 4) is 0 Å². The molecule has 8 heteroatoms. The van der Waals surface area contributed by atoms with E-state index in [1.807, 2.05) is 33.7 Å². The first-order valence-electron chi connectivity index (χ1n) is 10.4. The lowest BCUT2D eigenvalue weighted by atomic mass is 10.0. The van der Waals surface area contributed by atoms with Gasteiger partial charge in [0.25, 0.3) is 0 Å². The van der Waals surface area contributed by atoms with E-state index in [0.717, 1.165) is 55.0 Å². The van der Waals surface area contributed by atoms with E-state index in [2.05, 4.69) is 10.1 Å². The van der Waals surface area contributed by atoms with Crippen molar-refractivity contribution in [1.82, 2.24) is 29.5 Å². The van der Waals surface area contributed by atoms with Crippen molar-refractivity contribution in [2.45, 2.75) is 65.1 Å². The summed E-state index contributed by atoms with van der Waals surface area (Å²) in [5, 5.41) is 4.24. The molecule has 2 aromatic rings. The Morgan fingerprint density at radius 2 is 2.10 bits per heavy atom. The molecule has 0 bridgehead atoms. The predicted molar refractivity (Wildman–Crippen MR) is 107 cm³/mol. The van der Waals surface area contributed by atoms with E-state index >= 15 is 0 Å². The normalized spacial score (nSPS) is 19.2. The molecule has 0 N–H and O–H groups in total. The zero-order valence-electron chi connectivity index (χ0n) is 17.2. The minimum Gasteiger partial charge on any atom is -0.338 e. The van der Waals surface area contributed by atoms with Crippen LogP contribution in [0.25, 0.3) is 0 Å². The first-order valence-corrected chi connectivity index (χ1v) is 10.4. The minimum atomic E-state index is -0.0245. The molecule has 2 aliphatic heterocycles. The summed E-state index contributed by atoms with van der Waals surface area (Å²) in [6.45, 7) is 6.20. The van der Waals surface area contributed by atoms with Crippen LogP contribution in [0, 0.1) is 6.92 Å². The average Bonchev–Trinajstić information content (AvgIpc) is 3.16. The number of hydrogen-bond donors (Lipinski definition) is 0. The van der Waals surface area contributed by atoms with Crippen LogP contribution < -0.4 is 0 Å². The van der Waals surface area contributed by atoms with E-state index in [1.54, 1.807) is 13.1 Å². The smallest absolute Gasteiger partial charge is 0.224 e. The van der Waals surface area contributed by atoms with Gasteiger partial charge in [-0.05, 0) is 32.3 Å². The molecule has 2 amide bonds. The lowest BCUT2D eigenvalue weighted by molar-refractivity contribution is -0.133. The second-order valence-electron chi connectivity index (χ2n) is 7.94. The van der Waals surface area contributed by atoms with E-state index < -0.39 is 0 Å². The standard InChI is InChI=1S/C21H28N6O2/c1-15-6-9-23-27(15)12-8-20(29)25-11-7-18-17(14-25)13-22-21(24-18)19-5-3-4-10-26(19)16(2)28/h6,9,13,19H,3-5,7-8,10-12,14H2,1-2H3/t19-/m0/s1. The molecule has 1 fully saturated rings. The number of aromatic nitrogens is 4. The number of piperidine rings is 1. The molecule has 1 saturated heterocycles. The van der Waals surface area contributed by atoms with E-state index in [9.17, 15) is 9.59 Å². The lowest BCUT2D eigenvalue weighted by Crippen LogP contribution is -2.39. The minimum absolute atomic E-state index is 0.0245. The van der Waals surface area contributed by atoms with E-state index in [0.29, 0.717) is 26.1 Å². The third kappa shape index (κ3) is 4.16. The number of nitrogens with zero attached hydrogens (tertiary/aromatic N) is 6. The van der Waals surface area contributed by atoms with Gasteiger partial charge < -0.3 is 9.80 Å². The van der Waals surface area contributed by atoms with Gasteiger partial charge in [-0.2, -0.15) is 5.10 Å². The number of aryl methyl sites for hydroxylation is 2. The maximum Gasteiger partial charge on any atom is 0.224 e. The molecule has 154 valence electrons. The lowest BCUT2D eigenvalue weighted by Gasteiger charge is -2.35. The molecule has 0 radical (unpaired) electrons. The zero-order valence-corrected chi connectivity index (χ0v) is 17.2. The van der Waals surface area contributed by atoms with Crippen molar-refractivity contribution in [3.63, 3.8) is 0 Å². The van der Waals surface area contributed by atoms with Crippen LogP contribution in [0.3, 0.4) is 0 Å². The van der Waals surface area contributed by atoms with Gasteiger partial charge >= 0.3 is 0 Å². The van der Waals surface area contributed by atoms with Crippen molar-refractivity contribution in [2.24, 2.45) is 0 Å². The van der Waals surface area contributed by atoms with Crippen molar-refractivity contribution in [2.75, 3.05) is 13.1 Å². The highest BCUT2D eigenvalue weighted by Gasteiger charge is 2.29. The molecule has 8 nitrogen and oxygen atoms in total. The quantitative estimate of drug-likeness (QED) is 0.790. The Labute approximate surface area is 170 Å². The highest BCUT2D eigenvalue weighted by Crippen LogP contribution is 2.30. The molecule has 2 aliphatic rings. The summed E-state index contributed by atoms with van der Waals surface area (Å²) in [6, 6.07) is 1.92. The largest absolute Gasteiger partial charge is 0.338 e. The van der Waals surface area contributed by atoms with Crippen LogP contribution in [0.1, 0.15) is 61.4 Å². The Morgan fingerprint density at radius 3 is 2.86 bits per heavy atom. The molecule has 4 heterocycles. The number of carbonyl (C=O) groups excluding carboxylic acids is 2. The van der Waals surface area contributed by atoms with Crippen molar-refractivity contribution in [3.05, 3.63) is 41.2 Å². The van der Waals surface area contributed by atoms with Crippen molar-refractivity contribution >= 4 is 11.8 Å². The first kappa shape index (κ1) is 19.5. The monoisotopic (exact) mass is 396 g/mol. The van der Waals surface area contributed by atoms with Gasteiger partial charge in [0, 0.05) is 69.6 Å². The van der Waals surface area contributed by atoms with Crippen LogP contribution in [0.15, 0.2) is 18.5 Å². The summed E-state index contributed by atoms with van der Waals surface area (Å²) < 4.78 is 1.86. The average molecular weight is 396 g/mol. The number of rotatable bonds is 4. The summed E-state index contributed by atoms with van der Waals surface area (Å²) in [6.07, 6.45) is 7.81. The van der Waals surface area contributed by atoms with Gasteiger partial charge in [-0.25, -0.2) is 9.97 Å². The summed E-state index contributed by atoms with van der Waals surface area (Å²) in [5.74, 6) is 0.956. The van der Waals surface area contributed by atoms with Gasteiger partial charge in [-0.15, -0.1) is 0 Å². The fourth-order valence-electron chi connectivity index (χ4n) is 4.27. The molecule has 0 unspecified atom stereocenters. The number of likely N-dealkylation sites (tertiary alicyclic amines) is 1. The third-order valence-electron chi connectivity index (χ3n) is 5.98. The Bertz CT molecular complexity index is 908. The first-order chi connectivity index (χ1) is 14.0. The maximum atomic E-state index is 12.6. The molecular weight excluding hydrogens is 368 g/mol. The molecule has 2 aromatic heterocycles. The Kier molecular flexibility index (Phi) is 5.60. The highest BCUT2D eigenvalue weighted by atomic mass is 16.2. The Balaban J connectivity index is 1.42. The maximum absolute atomic E-state index is 12.6. The number of fused-ring (bicyclic) bond motifs is 1.